The average molecular weight is 373 g/mol. The van der Waals surface area contributed by atoms with E-state index in [9.17, 15) is 18.8 Å². The Balaban J connectivity index is 1.93. The summed E-state index contributed by atoms with van der Waals surface area (Å²) in [5, 5.41) is 2.84. The molecule has 27 heavy (non-hydrogen) atoms. The summed E-state index contributed by atoms with van der Waals surface area (Å²) in [5.41, 5.74) is 0.147. The highest BCUT2D eigenvalue weighted by Crippen LogP contribution is 2.17. The van der Waals surface area contributed by atoms with Gasteiger partial charge < -0.3 is 9.88 Å². The maximum absolute atomic E-state index is 13.1. The monoisotopic (exact) mass is 373 g/mol. The summed E-state index contributed by atoms with van der Waals surface area (Å²) in [6.45, 7) is 3.42. The molecular formula is C18H20FN5O3. The smallest absolute Gasteiger partial charge is 0.332 e. The highest BCUT2D eigenvalue weighted by molar-refractivity contribution is 5.82. The van der Waals surface area contributed by atoms with E-state index in [1.54, 1.807) is 26.0 Å². The van der Waals surface area contributed by atoms with E-state index in [2.05, 4.69) is 10.3 Å². The van der Waals surface area contributed by atoms with E-state index >= 15 is 0 Å². The molecule has 2 heterocycles. The molecule has 0 aliphatic rings. The van der Waals surface area contributed by atoms with Crippen LogP contribution in [0.2, 0.25) is 0 Å². The minimum Gasteiger partial charge on any atom is -0.348 e. The van der Waals surface area contributed by atoms with Crippen LogP contribution in [0.1, 0.15) is 31.5 Å². The summed E-state index contributed by atoms with van der Waals surface area (Å²) < 4.78 is 16.7. The van der Waals surface area contributed by atoms with Crippen LogP contribution in [0.15, 0.2) is 40.2 Å². The third-order valence-corrected chi connectivity index (χ3v) is 4.70. The SMILES string of the molecule is C[C@@H](NC(=O)[C@H](C)n1cnc2c1c(=O)n(C)c(=O)n2C)c1ccc(F)cc1. The molecule has 0 radical (unpaired) electrons. The zero-order valence-electron chi connectivity index (χ0n) is 15.4. The first-order valence-electron chi connectivity index (χ1n) is 8.40. The molecule has 0 unspecified atom stereocenters. The van der Waals surface area contributed by atoms with Crippen molar-refractivity contribution in [3.63, 3.8) is 0 Å². The molecule has 0 saturated carbocycles. The summed E-state index contributed by atoms with van der Waals surface area (Å²) in [5.74, 6) is -0.681. The Bertz CT molecular complexity index is 1130. The molecule has 3 aromatic rings. The minimum atomic E-state index is -0.733. The molecule has 0 bridgehead atoms. The summed E-state index contributed by atoms with van der Waals surface area (Å²) in [4.78, 5) is 41.3. The molecule has 9 heteroatoms. The van der Waals surface area contributed by atoms with E-state index < -0.39 is 17.3 Å². The van der Waals surface area contributed by atoms with E-state index in [4.69, 9.17) is 0 Å². The number of carbonyl (C=O) groups excluding carboxylic acids is 1. The summed E-state index contributed by atoms with van der Waals surface area (Å²) in [6, 6.07) is 4.78. The normalized spacial score (nSPS) is 13.5. The molecule has 2 atom stereocenters. The summed E-state index contributed by atoms with van der Waals surface area (Å²) >= 11 is 0. The number of rotatable bonds is 4. The van der Waals surface area contributed by atoms with Crippen LogP contribution in [-0.2, 0) is 18.9 Å². The molecule has 0 aliphatic heterocycles. The van der Waals surface area contributed by atoms with Crippen LogP contribution >= 0.6 is 0 Å². The second-order valence-corrected chi connectivity index (χ2v) is 6.49. The van der Waals surface area contributed by atoms with Gasteiger partial charge in [0.05, 0.1) is 12.4 Å². The molecule has 0 spiro atoms. The van der Waals surface area contributed by atoms with Crippen LogP contribution in [0.3, 0.4) is 0 Å². The molecule has 142 valence electrons. The van der Waals surface area contributed by atoms with Gasteiger partial charge in [-0.05, 0) is 31.5 Å². The first-order valence-corrected chi connectivity index (χ1v) is 8.40. The lowest BCUT2D eigenvalue weighted by Crippen LogP contribution is -2.39. The van der Waals surface area contributed by atoms with Gasteiger partial charge in [0.1, 0.15) is 11.9 Å². The second kappa shape index (κ2) is 6.82. The van der Waals surface area contributed by atoms with Gasteiger partial charge in [0.2, 0.25) is 5.91 Å². The number of nitrogens with zero attached hydrogens (tertiary/aromatic N) is 4. The van der Waals surface area contributed by atoms with Crippen LogP contribution < -0.4 is 16.6 Å². The van der Waals surface area contributed by atoms with Crippen LogP contribution in [0.4, 0.5) is 4.39 Å². The van der Waals surface area contributed by atoms with Gasteiger partial charge in [-0.25, -0.2) is 14.2 Å². The number of aromatic nitrogens is 4. The topological polar surface area (TPSA) is 90.9 Å². The van der Waals surface area contributed by atoms with Crippen LogP contribution in [0, 0.1) is 5.82 Å². The molecule has 0 fully saturated rings. The number of imidazole rings is 1. The quantitative estimate of drug-likeness (QED) is 0.739. The van der Waals surface area contributed by atoms with Crippen LogP contribution in [0.5, 0.6) is 0 Å². The minimum absolute atomic E-state index is 0.177. The number of fused-ring (bicyclic) bond motifs is 1. The predicted octanol–water partition coefficient (Wildman–Crippen LogP) is 1.01. The lowest BCUT2D eigenvalue weighted by atomic mass is 10.1. The number of halogens is 1. The Morgan fingerprint density at radius 3 is 2.37 bits per heavy atom. The van der Waals surface area contributed by atoms with Gasteiger partial charge in [0.15, 0.2) is 11.2 Å². The zero-order valence-corrected chi connectivity index (χ0v) is 15.4. The number of aryl methyl sites for hydroxylation is 1. The highest BCUT2D eigenvalue weighted by Gasteiger charge is 2.23. The third kappa shape index (κ3) is 3.16. The number of hydrogen-bond acceptors (Lipinski definition) is 4. The van der Waals surface area contributed by atoms with Crippen molar-refractivity contribution in [2.45, 2.75) is 25.9 Å². The maximum atomic E-state index is 13.1. The number of amides is 1. The molecular weight excluding hydrogens is 353 g/mol. The molecule has 3 rings (SSSR count). The fraction of sp³-hybridized carbons (Fsp3) is 0.333. The standard InChI is InChI=1S/C18H20FN5O3/c1-10(12-5-7-13(19)8-6-12)21-16(25)11(2)24-9-20-15-14(24)17(26)23(4)18(27)22(15)3/h5-11H,1-4H3,(H,21,25)/t10-,11+/m1/s1. The first-order chi connectivity index (χ1) is 12.7. The fourth-order valence-corrected chi connectivity index (χ4v) is 2.95. The van der Waals surface area contributed by atoms with Gasteiger partial charge in [-0.3, -0.25) is 18.7 Å². The highest BCUT2D eigenvalue weighted by atomic mass is 19.1. The fourth-order valence-electron chi connectivity index (χ4n) is 2.95. The van der Waals surface area contributed by atoms with E-state index in [0.717, 1.165) is 10.1 Å². The Morgan fingerprint density at radius 2 is 1.74 bits per heavy atom. The van der Waals surface area contributed by atoms with Gasteiger partial charge >= 0.3 is 5.69 Å². The Kier molecular flexibility index (Phi) is 4.69. The third-order valence-electron chi connectivity index (χ3n) is 4.70. The Hall–Kier alpha value is -3.23. The van der Waals surface area contributed by atoms with Crippen molar-refractivity contribution in [2.75, 3.05) is 0 Å². The lowest BCUT2D eigenvalue weighted by Gasteiger charge is -2.19. The van der Waals surface area contributed by atoms with Crippen molar-refractivity contribution in [3.05, 3.63) is 62.8 Å². The van der Waals surface area contributed by atoms with Crippen molar-refractivity contribution in [1.29, 1.82) is 0 Å². The number of benzene rings is 1. The summed E-state index contributed by atoms with van der Waals surface area (Å²) in [6.07, 6.45) is 1.37. The van der Waals surface area contributed by atoms with Gasteiger partial charge in [0, 0.05) is 14.1 Å². The average Bonchev–Trinajstić information content (AvgIpc) is 3.09. The van der Waals surface area contributed by atoms with Crippen molar-refractivity contribution in [3.8, 4) is 0 Å². The van der Waals surface area contributed by atoms with Gasteiger partial charge in [-0.1, -0.05) is 12.1 Å². The lowest BCUT2D eigenvalue weighted by molar-refractivity contribution is -0.124. The maximum Gasteiger partial charge on any atom is 0.332 e. The number of nitrogens with one attached hydrogen (secondary N) is 1. The van der Waals surface area contributed by atoms with Crippen molar-refractivity contribution >= 4 is 17.1 Å². The first kappa shape index (κ1) is 18.6. The van der Waals surface area contributed by atoms with E-state index in [-0.39, 0.29) is 28.9 Å². The van der Waals surface area contributed by atoms with Crippen LogP contribution in [-0.4, -0.2) is 24.6 Å². The second-order valence-electron chi connectivity index (χ2n) is 6.49. The molecule has 2 aromatic heterocycles. The predicted molar refractivity (Wildman–Crippen MR) is 97.9 cm³/mol. The van der Waals surface area contributed by atoms with Crippen molar-refractivity contribution < 1.29 is 9.18 Å². The Labute approximate surface area is 153 Å². The van der Waals surface area contributed by atoms with Gasteiger partial charge in [-0.15, -0.1) is 0 Å². The van der Waals surface area contributed by atoms with Crippen molar-refractivity contribution in [2.24, 2.45) is 14.1 Å². The number of carbonyl (C=O) groups is 1. The number of hydrogen-bond donors (Lipinski definition) is 1. The van der Waals surface area contributed by atoms with E-state index in [0.29, 0.717) is 0 Å². The van der Waals surface area contributed by atoms with Crippen LogP contribution in [0.25, 0.3) is 11.2 Å². The van der Waals surface area contributed by atoms with E-state index in [1.165, 1.54) is 41.7 Å². The van der Waals surface area contributed by atoms with Gasteiger partial charge in [0.25, 0.3) is 5.56 Å². The zero-order chi connectivity index (χ0) is 19.9. The largest absolute Gasteiger partial charge is 0.348 e. The summed E-state index contributed by atoms with van der Waals surface area (Å²) in [7, 11) is 2.89. The Morgan fingerprint density at radius 1 is 1.11 bits per heavy atom. The van der Waals surface area contributed by atoms with Crippen molar-refractivity contribution in [1.82, 2.24) is 24.0 Å². The van der Waals surface area contributed by atoms with Gasteiger partial charge in [-0.2, -0.15) is 0 Å². The molecule has 0 saturated heterocycles. The molecule has 1 N–H and O–H groups in total. The molecule has 1 aromatic carbocycles. The molecule has 1 amide bonds. The van der Waals surface area contributed by atoms with E-state index in [1.807, 2.05) is 0 Å². The molecule has 8 nitrogen and oxygen atoms in total. The molecule has 0 aliphatic carbocycles.